The average Bonchev–Trinajstić information content (AvgIpc) is 2.55. The molecule has 0 fully saturated rings. The standard InChI is InChI=1S/C18H28ClNO4/c1-7-18(4,23-6)16(21)20-13-8-9-15(14(19)12-13)24-11-10-17(2,3)22-5/h8-9,12H,7,10-11H2,1-6H3,(H,20,21)/t18-/m1/s1. The quantitative estimate of drug-likeness (QED) is 0.716. The van der Waals surface area contributed by atoms with Crippen molar-refractivity contribution in [2.75, 3.05) is 26.1 Å². The molecule has 0 aromatic heterocycles. The summed E-state index contributed by atoms with van der Waals surface area (Å²) in [6.45, 7) is 8.13. The first-order valence-corrected chi connectivity index (χ1v) is 8.39. The van der Waals surface area contributed by atoms with E-state index in [-0.39, 0.29) is 11.5 Å². The van der Waals surface area contributed by atoms with Crippen LogP contribution in [-0.2, 0) is 14.3 Å². The number of ether oxygens (including phenoxy) is 3. The fourth-order valence-electron chi connectivity index (χ4n) is 1.87. The minimum absolute atomic E-state index is 0.209. The minimum atomic E-state index is -0.868. The number of anilines is 1. The molecule has 1 N–H and O–H groups in total. The van der Waals surface area contributed by atoms with E-state index in [9.17, 15) is 4.79 Å². The van der Waals surface area contributed by atoms with E-state index >= 15 is 0 Å². The van der Waals surface area contributed by atoms with Gasteiger partial charge in [-0.2, -0.15) is 0 Å². The molecule has 0 saturated heterocycles. The molecular weight excluding hydrogens is 330 g/mol. The second-order valence-electron chi connectivity index (χ2n) is 6.45. The maximum absolute atomic E-state index is 12.3. The summed E-state index contributed by atoms with van der Waals surface area (Å²) in [5.41, 5.74) is -0.510. The molecule has 0 unspecified atom stereocenters. The average molecular weight is 358 g/mol. The highest BCUT2D eigenvalue weighted by Gasteiger charge is 2.31. The van der Waals surface area contributed by atoms with Gasteiger partial charge in [0.15, 0.2) is 0 Å². The van der Waals surface area contributed by atoms with E-state index in [2.05, 4.69) is 5.32 Å². The maximum atomic E-state index is 12.3. The lowest BCUT2D eigenvalue weighted by Gasteiger charge is -2.25. The second-order valence-corrected chi connectivity index (χ2v) is 6.86. The van der Waals surface area contributed by atoms with Crippen molar-refractivity contribution in [1.82, 2.24) is 0 Å². The zero-order chi connectivity index (χ0) is 18.4. The monoisotopic (exact) mass is 357 g/mol. The normalized spacial score (nSPS) is 14.1. The third-order valence-corrected chi connectivity index (χ3v) is 4.60. The van der Waals surface area contributed by atoms with E-state index in [1.165, 1.54) is 7.11 Å². The van der Waals surface area contributed by atoms with Crippen molar-refractivity contribution < 1.29 is 19.0 Å². The molecule has 0 aliphatic heterocycles. The summed E-state index contributed by atoms with van der Waals surface area (Å²) in [5, 5.41) is 3.26. The van der Waals surface area contributed by atoms with Gasteiger partial charge in [0.25, 0.3) is 5.91 Å². The fourth-order valence-corrected chi connectivity index (χ4v) is 2.10. The van der Waals surface area contributed by atoms with Crippen LogP contribution < -0.4 is 10.1 Å². The van der Waals surface area contributed by atoms with Gasteiger partial charge in [0, 0.05) is 26.3 Å². The molecule has 0 spiro atoms. The summed E-state index contributed by atoms with van der Waals surface area (Å²) in [7, 11) is 3.20. The first kappa shape index (κ1) is 20.7. The van der Waals surface area contributed by atoms with E-state index in [1.807, 2.05) is 20.8 Å². The minimum Gasteiger partial charge on any atom is -0.492 e. The van der Waals surface area contributed by atoms with Crippen LogP contribution in [0.4, 0.5) is 5.69 Å². The Labute approximate surface area is 149 Å². The predicted octanol–water partition coefficient (Wildman–Crippen LogP) is 4.29. The van der Waals surface area contributed by atoms with Crippen LogP contribution in [0.1, 0.15) is 40.5 Å². The zero-order valence-electron chi connectivity index (χ0n) is 15.4. The first-order chi connectivity index (χ1) is 11.2. The summed E-state index contributed by atoms with van der Waals surface area (Å²) >= 11 is 6.24. The van der Waals surface area contributed by atoms with Gasteiger partial charge in [-0.15, -0.1) is 0 Å². The summed E-state index contributed by atoms with van der Waals surface area (Å²) in [4.78, 5) is 12.3. The predicted molar refractivity (Wildman–Crippen MR) is 97.0 cm³/mol. The van der Waals surface area contributed by atoms with E-state index in [0.717, 1.165) is 6.42 Å². The molecule has 0 aliphatic carbocycles. The lowest BCUT2D eigenvalue weighted by molar-refractivity contribution is -0.136. The molecule has 0 saturated carbocycles. The topological polar surface area (TPSA) is 56.8 Å². The zero-order valence-corrected chi connectivity index (χ0v) is 16.1. The van der Waals surface area contributed by atoms with Gasteiger partial charge in [-0.3, -0.25) is 4.79 Å². The Morgan fingerprint density at radius 3 is 2.38 bits per heavy atom. The van der Waals surface area contributed by atoms with E-state index in [0.29, 0.717) is 29.5 Å². The van der Waals surface area contributed by atoms with Crippen molar-refractivity contribution in [1.29, 1.82) is 0 Å². The molecule has 1 atom stereocenters. The van der Waals surface area contributed by atoms with Crippen molar-refractivity contribution in [3.05, 3.63) is 23.2 Å². The SMILES string of the molecule is CC[C@@](C)(OC)C(=O)Nc1ccc(OCCC(C)(C)OC)c(Cl)c1. The van der Waals surface area contributed by atoms with Crippen LogP contribution in [-0.4, -0.2) is 37.9 Å². The molecule has 0 radical (unpaired) electrons. The Hall–Kier alpha value is -1.30. The fraction of sp³-hybridized carbons (Fsp3) is 0.611. The highest BCUT2D eigenvalue weighted by atomic mass is 35.5. The summed E-state index contributed by atoms with van der Waals surface area (Å²) in [5.74, 6) is 0.366. The number of carbonyl (C=O) groups excluding carboxylic acids is 1. The molecule has 1 aromatic rings. The van der Waals surface area contributed by atoms with Crippen molar-refractivity contribution in [3.8, 4) is 5.75 Å². The van der Waals surface area contributed by atoms with E-state index < -0.39 is 5.60 Å². The van der Waals surface area contributed by atoms with Crippen LogP contribution in [0.15, 0.2) is 18.2 Å². The molecular formula is C18H28ClNO4. The third-order valence-electron chi connectivity index (χ3n) is 4.31. The Balaban J connectivity index is 2.69. The Kier molecular flexibility index (Phi) is 7.52. The van der Waals surface area contributed by atoms with Crippen LogP contribution in [0.25, 0.3) is 0 Å². The number of hydrogen-bond donors (Lipinski definition) is 1. The van der Waals surface area contributed by atoms with Gasteiger partial charge in [-0.05, 0) is 45.4 Å². The second kappa shape index (κ2) is 8.70. The summed E-state index contributed by atoms with van der Waals surface area (Å²) in [6.07, 6.45) is 1.31. The highest BCUT2D eigenvalue weighted by molar-refractivity contribution is 6.32. The van der Waals surface area contributed by atoms with Crippen LogP contribution >= 0.6 is 11.6 Å². The van der Waals surface area contributed by atoms with Gasteiger partial charge in [0.1, 0.15) is 11.4 Å². The Morgan fingerprint density at radius 2 is 1.88 bits per heavy atom. The number of benzene rings is 1. The molecule has 1 amide bonds. The molecule has 1 rings (SSSR count). The number of amides is 1. The number of nitrogens with one attached hydrogen (secondary N) is 1. The first-order valence-electron chi connectivity index (χ1n) is 8.01. The van der Waals surface area contributed by atoms with Crippen LogP contribution in [0.3, 0.4) is 0 Å². The van der Waals surface area contributed by atoms with Crippen LogP contribution in [0.5, 0.6) is 5.75 Å². The van der Waals surface area contributed by atoms with E-state index in [1.54, 1.807) is 32.2 Å². The smallest absolute Gasteiger partial charge is 0.256 e. The van der Waals surface area contributed by atoms with E-state index in [4.69, 9.17) is 25.8 Å². The Morgan fingerprint density at radius 1 is 1.21 bits per heavy atom. The van der Waals surface area contributed by atoms with Gasteiger partial charge in [-0.25, -0.2) is 0 Å². The molecule has 0 aliphatic rings. The number of rotatable bonds is 9. The molecule has 24 heavy (non-hydrogen) atoms. The van der Waals surface area contributed by atoms with Crippen molar-refractivity contribution in [2.45, 2.75) is 51.7 Å². The van der Waals surface area contributed by atoms with Crippen molar-refractivity contribution in [3.63, 3.8) is 0 Å². The highest BCUT2D eigenvalue weighted by Crippen LogP contribution is 2.29. The Bertz CT molecular complexity index is 556. The number of hydrogen-bond acceptors (Lipinski definition) is 4. The molecule has 0 heterocycles. The van der Waals surface area contributed by atoms with Crippen molar-refractivity contribution in [2.24, 2.45) is 0 Å². The number of halogens is 1. The summed E-state index contributed by atoms with van der Waals surface area (Å²) < 4.78 is 16.3. The molecule has 136 valence electrons. The number of methoxy groups -OCH3 is 2. The molecule has 0 bridgehead atoms. The number of carbonyl (C=O) groups is 1. The van der Waals surface area contributed by atoms with Gasteiger partial charge in [0.05, 0.1) is 17.2 Å². The van der Waals surface area contributed by atoms with Gasteiger partial charge in [-0.1, -0.05) is 18.5 Å². The largest absolute Gasteiger partial charge is 0.492 e. The maximum Gasteiger partial charge on any atom is 0.256 e. The van der Waals surface area contributed by atoms with Crippen molar-refractivity contribution >= 4 is 23.2 Å². The van der Waals surface area contributed by atoms with Gasteiger partial charge >= 0.3 is 0 Å². The lowest BCUT2D eigenvalue weighted by atomic mass is 10.0. The molecule has 5 nitrogen and oxygen atoms in total. The molecule has 6 heteroatoms. The molecule has 1 aromatic carbocycles. The third kappa shape index (κ3) is 5.65. The van der Waals surface area contributed by atoms with Crippen LogP contribution in [0, 0.1) is 0 Å². The summed E-state index contributed by atoms with van der Waals surface area (Å²) in [6, 6.07) is 5.17. The van der Waals surface area contributed by atoms with Gasteiger partial charge < -0.3 is 19.5 Å². The van der Waals surface area contributed by atoms with Gasteiger partial charge in [0.2, 0.25) is 0 Å². The van der Waals surface area contributed by atoms with Crippen LogP contribution in [0.2, 0.25) is 5.02 Å². The lowest BCUT2D eigenvalue weighted by Crippen LogP contribution is -2.41.